The van der Waals surface area contributed by atoms with Gasteiger partial charge in [-0.3, -0.25) is 0 Å². The van der Waals surface area contributed by atoms with E-state index in [2.05, 4.69) is 4.98 Å². The second-order valence-corrected chi connectivity index (χ2v) is 3.43. The Morgan fingerprint density at radius 1 is 1.24 bits per heavy atom. The van der Waals surface area contributed by atoms with Gasteiger partial charge in [0.15, 0.2) is 0 Å². The van der Waals surface area contributed by atoms with Gasteiger partial charge in [0.05, 0.1) is 24.5 Å². The Bertz CT molecular complexity index is 552. The summed E-state index contributed by atoms with van der Waals surface area (Å²) in [5, 5.41) is 10.7. The number of hydrogen-bond acceptors (Lipinski definition) is 4. The Balaban J connectivity index is 2.45. The molecule has 17 heavy (non-hydrogen) atoms. The second kappa shape index (κ2) is 4.65. The summed E-state index contributed by atoms with van der Waals surface area (Å²) in [6, 6.07) is 12.0. The number of carbonyl (C=O) groups excluding carboxylic acids is 1. The number of carboxylic acids is 1. The zero-order valence-electron chi connectivity index (χ0n) is 9.21. The number of benzene rings is 1. The van der Waals surface area contributed by atoms with Crippen LogP contribution in [-0.4, -0.2) is 18.1 Å². The van der Waals surface area contributed by atoms with Crippen LogP contribution >= 0.6 is 0 Å². The molecule has 0 saturated carbocycles. The van der Waals surface area contributed by atoms with Crippen LogP contribution in [0, 0.1) is 0 Å². The largest absolute Gasteiger partial charge is 0.543 e. The van der Waals surface area contributed by atoms with Crippen molar-refractivity contribution < 1.29 is 14.6 Å². The van der Waals surface area contributed by atoms with Crippen LogP contribution in [0.2, 0.25) is 0 Å². The van der Waals surface area contributed by atoms with Crippen LogP contribution in [-0.2, 0) is 0 Å². The normalized spacial score (nSPS) is 9.94. The molecule has 0 aliphatic rings. The van der Waals surface area contributed by atoms with Crippen molar-refractivity contribution in [2.45, 2.75) is 0 Å². The predicted octanol–water partition coefficient (Wildman–Crippen LogP) is 1.12. The van der Waals surface area contributed by atoms with Gasteiger partial charge in [0.25, 0.3) is 0 Å². The van der Waals surface area contributed by atoms with Crippen LogP contribution in [0.4, 0.5) is 0 Å². The quantitative estimate of drug-likeness (QED) is 0.789. The highest BCUT2D eigenvalue weighted by molar-refractivity contribution is 5.84. The highest BCUT2D eigenvalue weighted by Gasteiger charge is 2.02. The molecule has 0 unspecified atom stereocenters. The van der Waals surface area contributed by atoms with Crippen LogP contribution in [0.3, 0.4) is 0 Å². The molecule has 4 heteroatoms. The molecule has 0 N–H and O–H groups in total. The van der Waals surface area contributed by atoms with Gasteiger partial charge in [0.1, 0.15) is 5.75 Å². The van der Waals surface area contributed by atoms with Gasteiger partial charge >= 0.3 is 0 Å². The van der Waals surface area contributed by atoms with E-state index < -0.39 is 5.97 Å². The van der Waals surface area contributed by atoms with Gasteiger partial charge in [0.2, 0.25) is 0 Å². The average Bonchev–Trinajstić information content (AvgIpc) is 2.39. The lowest BCUT2D eigenvalue weighted by atomic mass is 10.1. The number of carbonyl (C=O) groups is 1. The molecule has 0 aliphatic heterocycles. The monoisotopic (exact) mass is 228 g/mol. The summed E-state index contributed by atoms with van der Waals surface area (Å²) in [5.74, 6) is -0.585. The van der Waals surface area contributed by atoms with E-state index in [1.165, 1.54) is 6.07 Å². The van der Waals surface area contributed by atoms with Gasteiger partial charge in [-0.25, -0.2) is 4.98 Å². The number of aromatic nitrogens is 1. The van der Waals surface area contributed by atoms with E-state index >= 15 is 0 Å². The predicted molar refractivity (Wildman–Crippen MR) is 60.6 cm³/mol. The van der Waals surface area contributed by atoms with Crippen molar-refractivity contribution in [2.75, 3.05) is 7.11 Å². The maximum absolute atomic E-state index is 10.7. The zero-order valence-corrected chi connectivity index (χ0v) is 9.21. The maximum atomic E-state index is 10.7. The molecule has 0 spiro atoms. The SMILES string of the molecule is COc1cccc(-c2cccc(C(=O)[O-])n2)c1. The van der Waals surface area contributed by atoms with Crippen LogP contribution in [0.5, 0.6) is 5.75 Å². The molecule has 0 bridgehead atoms. The number of rotatable bonds is 3. The minimum Gasteiger partial charge on any atom is -0.543 e. The Kier molecular flexibility index (Phi) is 3.05. The number of methoxy groups -OCH3 is 1. The fourth-order valence-corrected chi connectivity index (χ4v) is 1.49. The Labute approximate surface area is 98.5 Å². The molecule has 0 atom stereocenters. The van der Waals surface area contributed by atoms with E-state index in [0.29, 0.717) is 11.4 Å². The first-order chi connectivity index (χ1) is 8.20. The van der Waals surface area contributed by atoms with Crippen molar-refractivity contribution in [3.8, 4) is 17.0 Å². The van der Waals surface area contributed by atoms with Crippen molar-refractivity contribution in [3.63, 3.8) is 0 Å². The molecule has 0 amide bonds. The number of hydrogen-bond donors (Lipinski definition) is 0. The van der Waals surface area contributed by atoms with E-state index in [1.54, 1.807) is 25.3 Å². The van der Waals surface area contributed by atoms with E-state index in [4.69, 9.17) is 4.74 Å². The minimum atomic E-state index is -1.28. The minimum absolute atomic E-state index is 0.0784. The van der Waals surface area contributed by atoms with Gasteiger partial charge < -0.3 is 14.6 Å². The number of ether oxygens (including phenoxy) is 1. The lowest BCUT2D eigenvalue weighted by molar-refractivity contribution is -0.255. The first-order valence-electron chi connectivity index (χ1n) is 5.03. The molecule has 0 aliphatic carbocycles. The van der Waals surface area contributed by atoms with Gasteiger partial charge in [-0.15, -0.1) is 0 Å². The van der Waals surface area contributed by atoms with E-state index in [1.807, 2.05) is 18.2 Å². The molecular formula is C13H10NO3-. The van der Waals surface area contributed by atoms with Crippen LogP contribution in [0.25, 0.3) is 11.3 Å². The Hall–Kier alpha value is -2.36. The zero-order chi connectivity index (χ0) is 12.3. The molecule has 2 rings (SSSR count). The summed E-state index contributed by atoms with van der Waals surface area (Å²) >= 11 is 0. The molecule has 86 valence electrons. The van der Waals surface area contributed by atoms with E-state index in [9.17, 15) is 9.90 Å². The third kappa shape index (κ3) is 2.42. The molecular weight excluding hydrogens is 218 g/mol. The first-order valence-corrected chi connectivity index (χ1v) is 5.03. The molecule has 1 aromatic carbocycles. The number of carboxylic acid groups (broad SMARTS) is 1. The maximum Gasteiger partial charge on any atom is 0.119 e. The topological polar surface area (TPSA) is 62.2 Å². The van der Waals surface area contributed by atoms with E-state index in [0.717, 1.165) is 5.56 Å². The fourth-order valence-electron chi connectivity index (χ4n) is 1.49. The lowest BCUT2D eigenvalue weighted by Gasteiger charge is -2.06. The summed E-state index contributed by atoms with van der Waals surface area (Å²) in [7, 11) is 1.57. The van der Waals surface area contributed by atoms with E-state index in [-0.39, 0.29) is 5.69 Å². The molecule has 1 aromatic heterocycles. The number of pyridine rings is 1. The van der Waals surface area contributed by atoms with Crippen LogP contribution in [0.1, 0.15) is 10.5 Å². The fraction of sp³-hybridized carbons (Fsp3) is 0.0769. The number of nitrogens with zero attached hydrogens (tertiary/aromatic N) is 1. The molecule has 0 radical (unpaired) electrons. The van der Waals surface area contributed by atoms with Crippen molar-refractivity contribution in [1.29, 1.82) is 0 Å². The lowest BCUT2D eigenvalue weighted by Crippen LogP contribution is -2.23. The second-order valence-electron chi connectivity index (χ2n) is 3.43. The smallest absolute Gasteiger partial charge is 0.119 e. The van der Waals surface area contributed by atoms with Crippen molar-refractivity contribution in [2.24, 2.45) is 0 Å². The van der Waals surface area contributed by atoms with Gasteiger partial charge in [0, 0.05) is 5.56 Å². The van der Waals surface area contributed by atoms with Gasteiger partial charge in [-0.1, -0.05) is 18.2 Å². The summed E-state index contributed by atoms with van der Waals surface area (Å²) in [6.45, 7) is 0. The first kappa shape index (κ1) is 11.1. The van der Waals surface area contributed by atoms with Crippen LogP contribution < -0.4 is 9.84 Å². The Morgan fingerprint density at radius 3 is 2.71 bits per heavy atom. The molecule has 0 saturated heterocycles. The molecule has 1 heterocycles. The van der Waals surface area contributed by atoms with Crippen molar-refractivity contribution in [1.82, 2.24) is 4.98 Å². The highest BCUT2D eigenvalue weighted by Crippen LogP contribution is 2.22. The number of aromatic carboxylic acids is 1. The summed E-state index contributed by atoms with van der Waals surface area (Å²) in [4.78, 5) is 14.7. The summed E-state index contributed by atoms with van der Waals surface area (Å²) in [6.07, 6.45) is 0. The molecule has 2 aromatic rings. The summed E-state index contributed by atoms with van der Waals surface area (Å²) in [5.41, 5.74) is 1.29. The third-order valence-corrected chi connectivity index (χ3v) is 2.32. The Morgan fingerprint density at radius 2 is 2.00 bits per heavy atom. The molecule has 0 fully saturated rings. The van der Waals surface area contributed by atoms with Crippen LogP contribution in [0.15, 0.2) is 42.5 Å². The average molecular weight is 228 g/mol. The van der Waals surface area contributed by atoms with Crippen molar-refractivity contribution in [3.05, 3.63) is 48.2 Å². The third-order valence-electron chi connectivity index (χ3n) is 2.32. The standard InChI is InChI=1S/C13H11NO3/c1-17-10-5-2-4-9(8-10)11-6-3-7-12(14-11)13(15)16/h2-8H,1H3,(H,15,16)/p-1. The van der Waals surface area contributed by atoms with Crippen molar-refractivity contribution >= 4 is 5.97 Å². The summed E-state index contributed by atoms with van der Waals surface area (Å²) < 4.78 is 5.10. The molecule has 4 nitrogen and oxygen atoms in total. The highest BCUT2D eigenvalue weighted by atomic mass is 16.5. The van der Waals surface area contributed by atoms with Gasteiger partial charge in [-0.2, -0.15) is 0 Å². The van der Waals surface area contributed by atoms with Gasteiger partial charge in [-0.05, 0) is 24.3 Å².